The van der Waals surface area contributed by atoms with Crippen LogP contribution in [0.3, 0.4) is 0 Å². The summed E-state index contributed by atoms with van der Waals surface area (Å²) in [7, 11) is 0. The minimum absolute atomic E-state index is 0.226. The molecule has 3 rings (SSSR count). The lowest BCUT2D eigenvalue weighted by Gasteiger charge is -2.24. The number of aryl methyl sites for hydroxylation is 1. The summed E-state index contributed by atoms with van der Waals surface area (Å²) >= 11 is 18.5. The van der Waals surface area contributed by atoms with Crippen molar-refractivity contribution in [1.29, 1.82) is 0 Å². The Labute approximate surface area is 161 Å². The van der Waals surface area contributed by atoms with Gasteiger partial charge < -0.3 is 0 Å². The van der Waals surface area contributed by atoms with Crippen LogP contribution in [0.15, 0.2) is 67.0 Å². The fourth-order valence-corrected chi connectivity index (χ4v) is 3.43. The summed E-state index contributed by atoms with van der Waals surface area (Å²) in [6.07, 6.45) is 3.28. The van der Waals surface area contributed by atoms with Gasteiger partial charge in [0.1, 0.15) is 0 Å². The van der Waals surface area contributed by atoms with Crippen molar-refractivity contribution in [2.75, 3.05) is 0 Å². The summed E-state index contributed by atoms with van der Waals surface area (Å²) in [6.45, 7) is 1.92. The van der Waals surface area contributed by atoms with Gasteiger partial charge in [-0.25, -0.2) is 4.98 Å². The number of hydrogen-bond acceptors (Lipinski definition) is 2. The second kappa shape index (κ2) is 7.20. The van der Waals surface area contributed by atoms with E-state index in [0.29, 0.717) is 5.56 Å². The molecule has 1 aromatic heterocycles. The fraction of sp³-hybridized carbons (Fsp3) is 0.158. The zero-order valence-corrected chi connectivity index (χ0v) is 15.6. The number of halogens is 3. The maximum Gasteiger partial charge on any atom is 0.210 e. The fourth-order valence-electron chi connectivity index (χ4n) is 2.75. The highest BCUT2D eigenvalue weighted by molar-refractivity contribution is 6.69. The summed E-state index contributed by atoms with van der Waals surface area (Å²) in [4.78, 5) is 17.4. The van der Waals surface area contributed by atoms with Crippen molar-refractivity contribution in [2.45, 2.75) is 16.6 Å². The number of hydrogen-bond donors (Lipinski definition) is 0. The van der Waals surface area contributed by atoms with Crippen LogP contribution in [0.4, 0.5) is 0 Å². The summed E-state index contributed by atoms with van der Waals surface area (Å²) in [5.41, 5.74) is 2.44. The van der Waals surface area contributed by atoms with Crippen molar-refractivity contribution in [3.63, 3.8) is 0 Å². The molecule has 25 heavy (non-hydrogen) atoms. The van der Waals surface area contributed by atoms with E-state index in [0.717, 1.165) is 11.3 Å². The van der Waals surface area contributed by atoms with Crippen LogP contribution in [0, 0.1) is 6.92 Å². The zero-order valence-electron chi connectivity index (χ0n) is 13.4. The lowest BCUT2D eigenvalue weighted by molar-refractivity contribution is 0.0948. The summed E-state index contributed by atoms with van der Waals surface area (Å²) < 4.78 is -0.0973. The number of para-hydroxylation sites is 1. The quantitative estimate of drug-likeness (QED) is 0.432. The molecule has 0 aliphatic rings. The first-order valence-corrected chi connectivity index (χ1v) is 8.77. The first-order valence-electron chi connectivity index (χ1n) is 7.64. The van der Waals surface area contributed by atoms with Gasteiger partial charge in [0.25, 0.3) is 0 Å². The smallest absolute Gasteiger partial charge is 0.210 e. The molecule has 6 heteroatoms. The normalized spacial score (nSPS) is 12.8. The first kappa shape index (κ1) is 18.0. The summed E-state index contributed by atoms with van der Waals surface area (Å²) in [5, 5.41) is 0. The largest absolute Gasteiger partial charge is 0.297 e. The molecule has 2 aromatic carbocycles. The molecule has 3 nitrogen and oxygen atoms in total. The van der Waals surface area contributed by atoms with Crippen LogP contribution >= 0.6 is 34.8 Å². The van der Waals surface area contributed by atoms with Gasteiger partial charge >= 0.3 is 0 Å². The Kier molecular flexibility index (Phi) is 5.19. The van der Waals surface area contributed by atoms with Crippen molar-refractivity contribution < 1.29 is 4.79 Å². The molecular weight excluding hydrogens is 379 g/mol. The third-order valence-corrected chi connectivity index (χ3v) is 4.52. The number of aromatic nitrogens is 2. The number of alkyl halides is 3. The molecule has 1 atom stereocenters. The van der Waals surface area contributed by atoms with E-state index in [9.17, 15) is 4.79 Å². The van der Waals surface area contributed by atoms with Gasteiger partial charge in [0.15, 0.2) is 5.82 Å². The Morgan fingerprint density at radius 1 is 1.08 bits per heavy atom. The number of Topliss-reactive ketones (excluding diaryl/α,β-unsaturated/α-hetero) is 1. The average molecular weight is 394 g/mol. The van der Waals surface area contributed by atoms with E-state index in [-0.39, 0.29) is 11.6 Å². The summed E-state index contributed by atoms with van der Waals surface area (Å²) in [6, 6.07) is 16.8. The van der Waals surface area contributed by atoms with Crippen molar-refractivity contribution in [3.05, 3.63) is 83.9 Å². The van der Waals surface area contributed by atoms with E-state index in [1.165, 1.54) is 0 Å². The molecule has 0 fully saturated rings. The van der Waals surface area contributed by atoms with Crippen molar-refractivity contribution >= 4 is 40.6 Å². The number of imidazole rings is 1. The Bertz CT molecular complexity index is 885. The number of ketones is 1. The van der Waals surface area contributed by atoms with E-state index in [1.54, 1.807) is 23.0 Å². The van der Waals surface area contributed by atoms with Gasteiger partial charge in [-0.3, -0.25) is 9.36 Å². The van der Waals surface area contributed by atoms with Gasteiger partial charge in [0.05, 0.1) is 5.92 Å². The topological polar surface area (TPSA) is 34.9 Å². The third-order valence-electron chi connectivity index (χ3n) is 3.86. The van der Waals surface area contributed by atoms with Gasteiger partial charge in [0.2, 0.25) is 9.58 Å². The standard InChI is InChI=1S/C19H15Cl3N2O/c1-13-6-5-7-14(12-13)16(19(20,21)22)17(25)18-23-10-11-24(18)15-8-3-2-4-9-15/h2-12,16H,1H3/t16-/m1/s1. The van der Waals surface area contributed by atoms with Gasteiger partial charge in [-0.1, -0.05) is 82.8 Å². The molecule has 1 heterocycles. The number of nitrogens with zero attached hydrogens (tertiary/aromatic N) is 2. The first-order chi connectivity index (χ1) is 11.9. The second-order valence-electron chi connectivity index (χ2n) is 5.71. The van der Waals surface area contributed by atoms with Gasteiger partial charge in [-0.2, -0.15) is 0 Å². The molecule has 0 saturated carbocycles. The molecule has 0 radical (unpaired) electrons. The third kappa shape index (κ3) is 3.90. The lowest BCUT2D eigenvalue weighted by atomic mass is 9.94. The molecular formula is C19H15Cl3N2O. The predicted molar refractivity (Wildman–Crippen MR) is 102 cm³/mol. The van der Waals surface area contributed by atoms with Crippen molar-refractivity contribution in [1.82, 2.24) is 9.55 Å². The van der Waals surface area contributed by atoms with E-state index in [2.05, 4.69) is 4.98 Å². The monoisotopic (exact) mass is 392 g/mol. The van der Waals surface area contributed by atoms with Crippen LogP contribution in [0.2, 0.25) is 0 Å². The minimum atomic E-state index is -1.79. The Morgan fingerprint density at radius 3 is 2.44 bits per heavy atom. The van der Waals surface area contributed by atoms with Gasteiger partial charge in [0, 0.05) is 18.1 Å². The number of rotatable bonds is 4. The van der Waals surface area contributed by atoms with Gasteiger partial charge in [-0.05, 0) is 24.6 Å². The van der Waals surface area contributed by atoms with Crippen molar-refractivity contribution in [2.24, 2.45) is 0 Å². The van der Waals surface area contributed by atoms with Crippen LogP contribution in [0.1, 0.15) is 27.7 Å². The molecule has 0 unspecified atom stereocenters. The van der Waals surface area contributed by atoms with E-state index < -0.39 is 9.71 Å². The SMILES string of the molecule is Cc1cccc([C@H](C(=O)c2nccn2-c2ccccc2)C(Cl)(Cl)Cl)c1. The predicted octanol–water partition coefficient (Wildman–Crippen LogP) is 5.52. The Hall–Kier alpha value is -1.81. The zero-order chi connectivity index (χ0) is 18.0. The molecule has 0 N–H and O–H groups in total. The molecule has 0 saturated heterocycles. The molecule has 0 aliphatic heterocycles. The maximum absolute atomic E-state index is 13.2. The summed E-state index contributed by atoms with van der Waals surface area (Å²) in [5.74, 6) is -1.08. The molecule has 3 aromatic rings. The van der Waals surface area contributed by atoms with Crippen LogP contribution in [0.25, 0.3) is 5.69 Å². The van der Waals surface area contributed by atoms with Crippen LogP contribution < -0.4 is 0 Å². The molecule has 0 amide bonds. The number of benzene rings is 2. The number of carbonyl (C=O) groups excluding carboxylic acids is 1. The minimum Gasteiger partial charge on any atom is -0.297 e. The lowest BCUT2D eigenvalue weighted by Crippen LogP contribution is -2.28. The van der Waals surface area contributed by atoms with Crippen LogP contribution in [-0.2, 0) is 0 Å². The maximum atomic E-state index is 13.2. The highest BCUT2D eigenvalue weighted by atomic mass is 35.6. The molecule has 128 valence electrons. The molecule has 0 aliphatic carbocycles. The van der Waals surface area contributed by atoms with Gasteiger partial charge in [-0.15, -0.1) is 0 Å². The Balaban J connectivity index is 2.08. The Morgan fingerprint density at radius 2 is 1.80 bits per heavy atom. The van der Waals surface area contributed by atoms with E-state index >= 15 is 0 Å². The van der Waals surface area contributed by atoms with E-state index in [4.69, 9.17) is 34.8 Å². The van der Waals surface area contributed by atoms with Crippen LogP contribution in [-0.4, -0.2) is 19.1 Å². The molecule has 0 bridgehead atoms. The van der Waals surface area contributed by atoms with Crippen LogP contribution in [0.5, 0.6) is 0 Å². The highest BCUT2D eigenvalue weighted by Gasteiger charge is 2.41. The second-order valence-corrected chi connectivity index (χ2v) is 8.08. The number of carbonyl (C=O) groups is 1. The average Bonchev–Trinajstić information content (AvgIpc) is 3.04. The van der Waals surface area contributed by atoms with E-state index in [1.807, 2.05) is 55.5 Å². The highest BCUT2D eigenvalue weighted by Crippen LogP contribution is 2.43. The van der Waals surface area contributed by atoms with Crippen molar-refractivity contribution in [3.8, 4) is 5.69 Å². The molecule has 0 spiro atoms.